The molecule has 0 radical (unpaired) electrons. The second-order valence-electron chi connectivity index (χ2n) is 4.52. The summed E-state index contributed by atoms with van der Waals surface area (Å²) < 4.78 is 0. The lowest BCUT2D eigenvalue weighted by molar-refractivity contribution is -0.138. The Morgan fingerprint density at radius 2 is 2.22 bits per heavy atom. The van der Waals surface area contributed by atoms with Gasteiger partial charge in [0.15, 0.2) is 0 Å². The monoisotopic (exact) mass is 244 g/mol. The van der Waals surface area contributed by atoms with Crippen molar-refractivity contribution < 1.29 is 9.90 Å². The largest absolute Gasteiger partial charge is 0.480 e. The van der Waals surface area contributed by atoms with Gasteiger partial charge in [0.1, 0.15) is 6.04 Å². The Kier molecular flexibility index (Phi) is 3.58. The Hall–Kier alpha value is -1.94. The van der Waals surface area contributed by atoms with E-state index in [-0.39, 0.29) is 0 Å². The quantitative estimate of drug-likeness (QED) is 0.861. The Bertz CT molecular complexity index is 581. The first kappa shape index (κ1) is 12.5. The number of hydrogen-bond donors (Lipinski definition) is 2. The first-order valence-electron chi connectivity index (χ1n) is 5.90. The van der Waals surface area contributed by atoms with E-state index in [1.165, 1.54) is 5.56 Å². The van der Waals surface area contributed by atoms with E-state index in [9.17, 15) is 4.79 Å². The third kappa shape index (κ3) is 2.84. The lowest BCUT2D eigenvalue weighted by atomic mass is 10.0. The number of aliphatic carboxylic acids is 1. The zero-order valence-corrected chi connectivity index (χ0v) is 10.3. The fourth-order valence-electron chi connectivity index (χ4n) is 1.86. The van der Waals surface area contributed by atoms with Crippen molar-refractivity contribution in [3.05, 3.63) is 41.6 Å². The molecule has 4 heteroatoms. The van der Waals surface area contributed by atoms with Crippen LogP contribution in [0, 0.1) is 6.92 Å². The maximum absolute atomic E-state index is 10.6. The normalized spacial score (nSPS) is 12.6. The van der Waals surface area contributed by atoms with Crippen LogP contribution < -0.4 is 5.73 Å². The van der Waals surface area contributed by atoms with Gasteiger partial charge in [0.05, 0.1) is 5.52 Å². The molecule has 1 aromatic carbocycles. The van der Waals surface area contributed by atoms with Crippen LogP contribution >= 0.6 is 0 Å². The van der Waals surface area contributed by atoms with Gasteiger partial charge in [0.25, 0.3) is 0 Å². The van der Waals surface area contributed by atoms with Crippen molar-refractivity contribution in [3.63, 3.8) is 0 Å². The van der Waals surface area contributed by atoms with Gasteiger partial charge in [-0.2, -0.15) is 0 Å². The molecule has 18 heavy (non-hydrogen) atoms. The van der Waals surface area contributed by atoms with Crippen LogP contribution in [-0.2, 0) is 11.2 Å². The van der Waals surface area contributed by atoms with Gasteiger partial charge < -0.3 is 10.8 Å². The van der Waals surface area contributed by atoms with Crippen molar-refractivity contribution >= 4 is 16.9 Å². The van der Waals surface area contributed by atoms with Crippen LogP contribution in [0.25, 0.3) is 10.9 Å². The van der Waals surface area contributed by atoms with Crippen molar-refractivity contribution in [2.24, 2.45) is 5.73 Å². The fourth-order valence-corrected chi connectivity index (χ4v) is 1.86. The highest BCUT2D eigenvalue weighted by Gasteiger charge is 2.11. The van der Waals surface area contributed by atoms with Crippen LogP contribution in [0.5, 0.6) is 0 Å². The van der Waals surface area contributed by atoms with E-state index in [0.717, 1.165) is 16.5 Å². The predicted octanol–water partition coefficient (Wildman–Crippen LogP) is 1.89. The zero-order valence-electron chi connectivity index (χ0n) is 10.3. The van der Waals surface area contributed by atoms with Gasteiger partial charge in [-0.05, 0) is 43.0 Å². The van der Waals surface area contributed by atoms with Crippen molar-refractivity contribution in [3.8, 4) is 0 Å². The number of aryl methyl sites for hydroxylation is 2. The third-order valence-electron chi connectivity index (χ3n) is 2.96. The molecular weight excluding hydrogens is 228 g/mol. The topological polar surface area (TPSA) is 76.2 Å². The minimum atomic E-state index is -0.959. The van der Waals surface area contributed by atoms with E-state index in [2.05, 4.69) is 4.98 Å². The highest BCUT2D eigenvalue weighted by molar-refractivity contribution is 5.79. The summed E-state index contributed by atoms with van der Waals surface area (Å²) in [4.78, 5) is 15.0. The maximum Gasteiger partial charge on any atom is 0.320 e. The number of fused-ring (bicyclic) bond motifs is 1. The number of carboxylic acid groups (broad SMARTS) is 1. The van der Waals surface area contributed by atoms with Gasteiger partial charge in [-0.3, -0.25) is 9.78 Å². The minimum Gasteiger partial charge on any atom is -0.480 e. The molecule has 0 bridgehead atoms. The van der Waals surface area contributed by atoms with Crippen molar-refractivity contribution in [2.75, 3.05) is 0 Å². The molecule has 0 amide bonds. The van der Waals surface area contributed by atoms with E-state index >= 15 is 0 Å². The maximum atomic E-state index is 10.6. The van der Waals surface area contributed by atoms with Crippen LogP contribution in [-0.4, -0.2) is 22.1 Å². The summed E-state index contributed by atoms with van der Waals surface area (Å²) in [5, 5.41) is 9.79. The number of carbonyl (C=O) groups is 1. The minimum absolute atomic E-state index is 0.425. The summed E-state index contributed by atoms with van der Waals surface area (Å²) in [6.07, 6.45) is 2.84. The molecule has 2 rings (SSSR count). The van der Waals surface area contributed by atoms with Crippen LogP contribution in [0.4, 0.5) is 0 Å². The van der Waals surface area contributed by atoms with Crippen molar-refractivity contribution in [1.82, 2.24) is 4.98 Å². The standard InChI is InChI=1S/C14H16N2O2/c1-9-2-4-11-7-10(8-16-13(11)6-9)3-5-12(15)14(17)18/h2,4,6-8,12H,3,5,15H2,1H3,(H,17,18)/t12-/m1/s1. The summed E-state index contributed by atoms with van der Waals surface area (Å²) in [6, 6.07) is 7.33. The van der Waals surface area contributed by atoms with E-state index in [1.54, 1.807) is 6.20 Å². The van der Waals surface area contributed by atoms with Crippen LogP contribution in [0.2, 0.25) is 0 Å². The smallest absolute Gasteiger partial charge is 0.320 e. The number of benzene rings is 1. The number of pyridine rings is 1. The molecular formula is C14H16N2O2. The van der Waals surface area contributed by atoms with Gasteiger partial charge in [0.2, 0.25) is 0 Å². The molecule has 0 saturated carbocycles. The number of rotatable bonds is 4. The number of nitrogens with two attached hydrogens (primary N) is 1. The summed E-state index contributed by atoms with van der Waals surface area (Å²) in [7, 11) is 0. The molecule has 0 aliphatic rings. The fraction of sp³-hybridized carbons (Fsp3) is 0.286. The summed E-state index contributed by atoms with van der Waals surface area (Å²) in [5.41, 5.74) is 8.63. The van der Waals surface area contributed by atoms with Crippen LogP contribution in [0.3, 0.4) is 0 Å². The number of nitrogens with zero attached hydrogens (tertiary/aromatic N) is 1. The molecule has 94 valence electrons. The molecule has 4 nitrogen and oxygen atoms in total. The van der Waals surface area contributed by atoms with E-state index in [0.29, 0.717) is 12.8 Å². The highest BCUT2D eigenvalue weighted by atomic mass is 16.4. The zero-order chi connectivity index (χ0) is 13.1. The Morgan fingerprint density at radius 1 is 1.44 bits per heavy atom. The van der Waals surface area contributed by atoms with E-state index in [1.807, 2.05) is 31.2 Å². The summed E-state index contributed by atoms with van der Waals surface area (Å²) >= 11 is 0. The van der Waals surface area contributed by atoms with Crippen LogP contribution in [0.1, 0.15) is 17.5 Å². The number of aromatic nitrogens is 1. The number of hydrogen-bond acceptors (Lipinski definition) is 3. The van der Waals surface area contributed by atoms with Gasteiger partial charge in [-0.25, -0.2) is 0 Å². The lowest BCUT2D eigenvalue weighted by Gasteiger charge is -2.07. The summed E-state index contributed by atoms with van der Waals surface area (Å²) in [5.74, 6) is -0.959. The SMILES string of the molecule is Cc1ccc2cc(CC[C@@H](N)C(=O)O)cnc2c1. The molecule has 1 atom stereocenters. The molecule has 3 N–H and O–H groups in total. The molecule has 0 saturated heterocycles. The average Bonchev–Trinajstić information content (AvgIpc) is 2.35. The predicted molar refractivity (Wildman–Crippen MR) is 70.4 cm³/mol. The molecule has 1 aromatic heterocycles. The molecule has 0 unspecified atom stereocenters. The Morgan fingerprint density at radius 3 is 2.94 bits per heavy atom. The molecule has 2 aromatic rings. The van der Waals surface area contributed by atoms with Crippen molar-refractivity contribution in [2.45, 2.75) is 25.8 Å². The molecule has 0 aliphatic heterocycles. The van der Waals surface area contributed by atoms with Crippen molar-refractivity contribution in [1.29, 1.82) is 0 Å². The first-order valence-corrected chi connectivity index (χ1v) is 5.90. The Balaban J connectivity index is 2.15. The van der Waals surface area contributed by atoms with Gasteiger partial charge in [-0.15, -0.1) is 0 Å². The van der Waals surface area contributed by atoms with Gasteiger partial charge in [0, 0.05) is 11.6 Å². The van der Waals surface area contributed by atoms with Crippen LogP contribution in [0.15, 0.2) is 30.5 Å². The number of carboxylic acids is 1. The second kappa shape index (κ2) is 5.14. The first-order chi connectivity index (χ1) is 8.56. The van der Waals surface area contributed by atoms with E-state index in [4.69, 9.17) is 10.8 Å². The lowest BCUT2D eigenvalue weighted by Crippen LogP contribution is -2.30. The Labute approximate surface area is 105 Å². The molecule has 0 aliphatic carbocycles. The third-order valence-corrected chi connectivity index (χ3v) is 2.96. The summed E-state index contributed by atoms with van der Waals surface area (Å²) in [6.45, 7) is 2.03. The van der Waals surface area contributed by atoms with Gasteiger partial charge in [-0.1, -0.05) is 12.1 Å². The molecule has 0 fully saturated rings. The van der Waals surface area contributed by atoms with Gasteiger partial charge >= 0.3 is 5.97 Å². The second-order valence-corrected chi connectivity index (χ2v) is 4.52. The molecule has 0 spiro atoms. The highest BCUT2D eigenvalue weighted by Crippen LogP contribution is 2.16. The van der Waals surface area contributed by atoms with E-state index < -0.39 is 12.0 Å². The average molecular weight is 244 g/mol. The molecule has 1 heterocycles.